The number of para-hydroxylation sites is 1. The lowest BCUT2D eigenvalue weighted by atomic mass is 9.96. The number of carbonyl (C=O) groups is 1. The van der Waals surface area contributed by atoms with E-state index in [4.69, 9.17) is 10.5 Å². The molecule has 15 heavy (non-hydrogen) atoms. The average Bonchev–Trinajstić information content (AvgIpc) is 2.18. The van der Waals surface area contributed by atoms with E-state index in [0.717, 1.165) is 11.3 Å². The molecule has 0 unspecified atom stereocenters. The third kappa shape index (κ3) is 3.27. The largest absolute Gasteiger partial charge is 0.466 e. The van der Waals surface area contributed by atoms with Gasteiger partial charge >= 0.3 is 5.97 Å². The first-order chi connectivity index (χ1) is 7.15. The normalized spacial score (nSPS) is 12.1. The zero-order valence-electron chi connectivity index (χ0n) is 9.19. The Balaban J connectivity index is 2.65. The van der Waals surface area contributed by atoms with E-state index in [9.17, 15) is 4.79 Å². The molecule has 1 aromatic carbocycles. The van der Waals surface area contributed by atoms with Crippen LogP contribution in [0.5, 0.6) is 0 Å². The topological polar surface area (TPSA) is 52.3 Å². The molecule has 0 aromatic heterocycles. The minimum absolute atomic E-state index is 0.102. The van der Waals surface area contributed by atoms with Crippen molar-refractivity contribution >= 4 is 11.7 Å². The number of anilines is 1. The van der Waals surface area contributed by atoms with Crippen molar-refractivity contribution in [1.29, 1.82) is 0 Å². The van der Waals surface area contributed by atoms with Crippen molar-refractivity contribution in [3.8, 4) is 0 Å². The predicted molar refractivity (Wildman–Crippen MR) is 60.5 cm³/mol. The second-order valence-electron chi connectivity index (χ2n) is 3.54. The van der Waals surface area contributed by atoms with Gasteiger partial charge < -0.3 is 10.5 Å². The van der Waals surface area contributed by atoms with Crippen molar-refractivity contribution < 1.29 is 9.53 Å². The monoisotopic (exact) mass is 207 g/mol. The highest BCUT2D eigenvalue weighted by atomic mass is 16.5. The molecule has 0 aliphatic rings. The Kier molecular flexibility index (Phi) is 4.16. The van der Waals surface area contributed by atoms with E-state index >= 15 is 0 Å². The fourth-order valence-electron chi connectivity index (χ4n) is 1.54. The van der Waals surface area contributed by atoms with Crippen LogP contribution in [0.1, 0.15) is 31.7 Å². The number of rotatable bonds is 4. The Bertz CT molecular complexity index is 336. The van der Waals surface area contributed by atoms with Crippen LogP contribution in [-0.2, 0) is 9.53 Å². The summed E-state index contributed by atoms with van der Waals surface area (Å²) in [6, 6.07) is 7.60. The molecule has 0 amide bonds. The summed E-state index contributed by atoms with van der Waals surface area (Å²) in [5.41, 5.74) is 7.56. The van der Waals surface area contributed by atoms with Crippen LogP contribution < -0.4 is 5.73 Å². The van der Waals surface area contributed by atoms with Crippen LogP contribution in [0.4, 0.5) is 5.69 Å². The van der Waals surface area contributed by atoms with Gasteiger partial charge in [-0.1, -0.05) is 25.1 Å². The molecule has 0 saturated carbocycles. The predicted octanol–water partition coefficient (Wildman–Crippen LogP) is 2.33. The molecule has 0 bridgehead atoms. The number of ether oxygens (including phenoxy) is 1. The Morgan fingerprint density at radius 2 is 2.13 bits per heavy atom. The summed E-state index contributed by atoms with van der Waals surface area (Å²) in [6.07, 6.45) is 0.377. The standard InChI is InChI=1S/C12H17NO2/c1-3-15-12(14)8-9(2)10-6-4-5-7-11(10)13/h4-7,9H,3,8,13H2,1-2H3/t9-/m1/s1. The van der Waals surface area contributed by atoms with Crippen LogP contribution >= 0.6 is 0 Å². The summed E-state index contributed by atoms with van der Waals surface area (Å²) in [5, 5.41) is 0. The lowest BCUT2D eigenvalue weighted by Gasteiger charge is -2.13. The van der Waals surface area contributed by atoms with Crippen molar-refractivity contribution in [3.63, 3.8) is 0 Å². The van der Waals surface area contributed by atoms with E-state index in [2.05, 4.69) is 0 Å². The maximum absolute atomic E-state index is 11.3. The van der Waals surface area contributed by atoms with Crippen LogP contribution in [0.3, 0.4) is 0 Å². The van der Waals surface area contributed by atoms with Crippen molar-refractivity contribution in [2.24, 2.45) is 0 Å². The van der Waals surface area contributed by atoms with E-state index in [0.29, 0.717) is 13.0 Å². The van der Waals surface area contributed by atoms with Crippen molar-refractivity contribution in [1.82, 2.24) is 0 Å². The minimum Gasteiger partial charge on any atom is -0.466 e. The molecule has 1 atom stereocenters. The molecular formula is C12H17NO2. The van der Waals surface area contributed by atoms with Gasteiger partial charge in [-0.25, -0.2) is 0 Å². The van der Waals surface area contributed by atoms with Gasteiger partial charge in [-0.15, -0.1) is 0 Å². The van der Waals surface area contributed by atoms with Crippen LogP contribution in [0.25, 0.3) is 0 Å². The molecular weight excluding hydrogens is 190 g/mol. The average molecular weight is 207 g/mol. The fraction of sp³-hybridized carbons (Fsp3) is 0.417. The van der Waals surface area contributed by atoms with E-state index < -0.39 is 0 Å². The maximum atomic E-state index is 11.3. The minimum atomic E-state index is -0.173. The van der Waals surface area contributed by atoms with Crippen LogP contribution in [0, 0.1) is 0 Å². The van der Waals surface area contributed by atoms with Crippen molar-refractivity contribution in [2.75, 3.05) is 12.3 Å². The molecule has 0 radical (unpaired) electrons. The number of hydrogen-bond donors (Lipinski definition) is 1. The number of carbonyl (C=O) groups excluding carboxylic acids is 1. The highest BCUT2D eigenvalue weighted by Crippen LogP contribution is 2.24. The Labute approximate surface area is 90.2 Å². The van der Waals surface area contributed by atoms with Gasteiger partial charge in [0, 0.05) is 5.69 Å². The summed E-state index contributed by atoms with van der Waals surface area (Å²) in [5.74, 6) is -0.0708. The molecule has 0 fully saturated rings. The maximum Gasteiger partial charge on any atom is 0.306 e. The summed E-state index contributed by atoms with van der Waals surface area (Å²) in [6.45, 7) is 4.21. The number of nitrogens with two attached hydrogens (primary N) is 1. The van der Waals surface area contributed by atoms with Gasteiger partial charge in [0.05, 0.1) is 13.0 Å². The first-order valence-electron chi connectivity index (χ1n) is 5.15. The zero-order chi connectivity index (χ0) is 11.3. The van der Waals surface area contributed by atoms with Gasteiger partial charge in [-0.05, 0) is 24.5 Å². The number of benzene rings is 1. The Morgan fingerprint density at radius 3 is 2.73 bits per heavy atom. The highest BCUT2D eigenvalue weighted by Gasteiger charge is 2.13. The second-order valence-corrected chi connectivity index (χ2v) is 3.54. The third-order valence-corrected chi connectivity index (χ3v) is 2.31. The van der Waals surface area contributed by atoms with E-state index in [-0.39, 0.29) is 11.9 Å². The summed E-state index contributed by atoms with van der Waals surface area (Å²) in [7, 11) is 0. The third-order valence-electron chi connectivity index (χ3n) is 2.31. The van der Waals surface area contributed by atoms with E-state index in [1.54, 1.807) is 6.92 Å². The van der Waals surface area contributed by atoms with Gasteiger partial charge in [0.1, 0.15) is 0 Å². The van der Waals surface area contributed by atoms with Crippen LogP contribution in [0.2, 0.25) is 0 Å². The molecule has 1 rings (SSSR count). The summed E-state index contributed by atoms with van der Waals surface area (Å²) in [4.78, 5) is 11.3. The molecule has 0 aliphatic heterocycles. The highest BCUT2D eigenvalue weighted by molar-refractivity contribution is 5.71. The van der Waals surface area contributed by atoms with Gasteiger partial charge in [0.15, 0.2) is 0 Å². The molecule has 0 heterocycles. The molecule has 2 N–H and O–H groups in total. The zero-order valence-corrected chi connectivity index (χ0v) is 9.19. The van der Waals surface area contributed by atoms with Gasteiger partial charge in [0.25, 0.3) is 0 Å². The Hall–Kier alpha value is -1.51. The second kappa shape index (κ2) is 5.39. The molecule has 0 spiro atoms. The fourth-order valence-corrected chi connectivity index (χ4v) is 1.54. The Morgan fingerprint density at radius 1 is 1.47 bits per heavy atom. The number of nitrogen functional groups attached to an aromatic ring is 1. The summed E-state index contributed by atoms with van der Waals surface area (Å²) >= 11 is 0. The van der Waals surface area contributed by atoms with Crippen LogP contribution in [0.15, 0.2) is 24.3 Å². The molecule has 1 aromatic rings. The van der Waals surface area contributed by atoms with Gasteiger partial charge in [-0.2, -0.15) is 0 Å². The molecule has 3 nitrogen and oxygen atoms in total. The lowest BCUT2D eigenvalue weighted by molar-refractivity contribution is -0.143. The molecule has 0 saturated heterocycles. The number of hydrogen-bond acceptors (Lipinski definition) is 3. The van der Waals surface area contributed by atoms with Crippen molar-refractivity contribution in [3.05, 3.63) is 29.8 Å². The first kappa shape index (κ1) is 11.6. The quantitative estimate of drug-likeness (QED) is 0.609. The first-order valence-corrected chi connectivity index (χ1v) is 5.15. The lowest BCUT2D eigenvalue weighted by Crippen LogP contribution is -2.09. The molecule has 82 valence electrons. The van der Waals surface area contributed by atoms with Crippen LogP contribution in [-0.4, -0.2) is 12.6 Å². The van der Waals surface area contributed by atoms with Gasteiger partial charge in [-0.3, -0.25) is 4.79 Å². The van der Waals surface area contributed by atoms with E-state index in [1.165, 1.54) is 0 Å². The van der Waals surface area contributed by atoms with E-state index in [1.807, 2.05) is 31.2 Å². The SMILES string of the molecule is CCOC(=O)C[C@@H](C)c1ccccc1N. The molecule has 0 aliphatic carbocycles. The smallest absolute Gasteiger partial charge is 0.306 e. The number of esters is 1. The van der Waals surface area contributed by atoms with Gasteiger partial charge in [0.2, 0.25) is 0 Å². The van der Waals surface area contributed by atoms with Crippen molar-refractivity contribution in [2.45, 2.75) is 26.2 Å². The molecule has 3 heteroatoms. The summed E-state index contributed by atoms with van der Waals surface area (Å²) < 4.78 is 4.89.